The maximum absolute atomic E-state index is 12.0. The second-order valence-electron chi connectivity index (χ2n) is 4.63. The summed E-state index contributed by atoms with van der Waals surface area (Å²) in [7, 11) is 0. The first-order valence-corrected chi connectivity index (χ1v) is 7.60. The van der Waals surface area contributed by atoms with E-state index in [1.807, 2.05) is 20.8 Å². The second kappa shape index (κ2) is 8.38. The fraction of sp³-hybridized carbons (Fsp3) is 0.400. The lowest BCUT2D eigenvalue weighted by atomic mass is 10.2. The fourth-order valence-electron chi connectivity index (χ4n) is 1.42. The van der Waals surface area contributed by atoms with Gasteiger partial charge in [-0.05, 0) is 12.5 Å². The van der Waals surface area contributed by atoms with Gasteiger partial charge >= 0.3 is 0 Å². The molecule has 3 nitrogen and oxygen atoms in total. The Morgan fingerprint density at radius 3 is 2.57 bits per heavy atom. The molecule has 21 heavy (non-hydrogen) atoms. The first kappa shape index (κ1) is 18.0. The number of hydrogen-bond acceptors (Lipinski definition) is 2. The summed E-state index contributed by atoms with van der Waals surface area (Å²) in [5.74, 6) is 2.95. The van der Waals surface area contributed by atoms with Crippen molar-refractivity contribution in [3.8, 4) is 17.7 Å². The van der Waals surface area contributed by atoms with Crippen LogP contribution in [0, 0.1) is 17.9 Å². The van der Waals surface area contributed by atoms with Gasteiger partial charge in [0.25, 0.3) is 5.91 Å². The van der Waals surface area contributed by atoms with E-state index in [4.69, 9.17) is 39.5 Å². The standard InChI is InChI=1S/C15H16Cl3NO2/c1-4-12(15(20)19-6-5-9(2)3)21-13-8-10(16)7-11(17)14(13)18/h7-9,12H,4H2,1-3H3,(H,19,20). The van der Waals surface area contributed by atoms with Crippen molar-refractivity contribution in [2.75, 3.05) is 0 Å². The number of ether oxygens (including phenoxy) is 1. The predicted octanol–water partition coefficient (Wildman–Crippen LogP) is 4.54. The molecule has 1 aromatic carbocycles. The smallest absolute Gasteiger partial charge is 0.272 e. The lowest BCUT2D eigenvalue weighted by Gasteiger charge is -2.17. The molecule has 0 spiro atoms. The lowest BCUT2D eigenvalue weighted by Crippen LogP contribution is -2.35. The monoisotopic (exact) mass is 347 g/mol. The molecule has 6 heteroatoms. The molecule has 0 heterocycles. The molecule has 1 N–H and O–H groups in total. The summed E-state index contributed by atoms with van der Waals surface area (Å²) in [6.45, 7) is 5.68. The average Bonchev–Trinajstić information content (AvgIpc) is 2.40. The summed E-state index contributed by atoms with van der Waals surface area (Å²) < 4.78 is 5.59. The Bertz CT molecular complexity index is 576. The van der Waals surface area contributed by atoms with Crippen LogP contribution < -0.4 is 10.1 Å². The highest BCUT2D eigenvalue weighted by atomic mass is 35.5. The Morgan fingerprint density at radius 1 is 1.33 bits per heavy atom. The third kappa shape index (κ3) is 5.67. The number of amides is 1. The van der Waals surface area contributed by atoms with E-state index in [0.29, 0.717) is 11.4 Å². The molecule has 0 fully saturated rings. The summed E-state index contributed by atoms with van der Waals surface area (Å²) in [5, 5.41) is 3.38. The number of rotatable bonds is 4. The largest absolute Gasteiger partial charge is 0.479 e. The zero-order chi connectivity index (χ0) is 16.0. The number of halogens is 3. The van der Waals surface area contributed by atoms with Crippen LogP contribution in [0.15, 0.2) is 12.1 Å². The molecule has 0 saturated carbocycles. The fourth-order valence-corrected chi connectivity index (χ4v) is 2.04. The molecular formula is C15H16Cl3NO2. The third-order valence-corrected chi connectivity index (χ3v) is 3.44. The summed E-state index contributed by atoms with van der Waals surface area (Å²) in [6, 6.07) is 5.63. The van der Waals surface area contributed by atoms with Crippen LogP contribution in [0.2, 0.25) is 15.1 Å². The van der Waals surface area contributed by atoms with Crippen molar-refractivity contribution >= 4 is 40.7 Å². The van der Waals surface area contributed by atoms with Crippen molar-refractivity contribution in [3.63, 3.8) is 0 Å². The first-order valence-electron chi connectivity index (χ1n) is 6.46. The topological polar surface area (TPSA) is 38.3 Å². The summed E-state index contributed by atoms with van der Waals surface area (Å²) in [4.78, 5) is 12.0. The Hall–Kier alpha value is -1.08. The molecule has 0 bridgehead atoms. The molecule has 0 aliphatic carbocycles. The molecule has 1 aromatic rings. The molecular weight excluding hydrogens is 333 g/mol. The highest BCUT2D eigenvalue weighted by Gasteiger charge is 2.20. The minimum atomic E-state index is -0.724. The van der Waals surface area contributed by atoms with E-state index in [0.717, 1.165) is 0 Å². The van der Waals surface area contributed by atoms with E-state index in [9.17, 15) is 4.79 Å². The average molecular weight is 349 g/mol. The minimum Gasteiger partial charge on any atom is -0.479 e. The van der Waals surface area contributed by atoms with Crippen LogP contribution in [0.5, 0.6) is 5.75 Å². The minimum absolute atomic E-state index is 0.174. The van der Waals surface area contributed by atoms with Crippen LogP contribution in [-0.4, -0.2) is 12.0 Å². The number of nitrogens with one attached hydrogen (secondary N) is 1. The van der Waals surface area contributed by atoms with Crippen molar-refractivity contribution in [2.45, 2.75) is 33.3 Å². The first-order chi connectivity index (χ1) is 9.85. The van der Waals surface area contributed by atoms with Crippen LogP contribution in [0.25, 0.3) is 0 Å². The molecule has 114 valence electrons. The van der Waals surface area contributed by atoms with Crippen LogP contribution in [0.1, 0.15) is 27.2 Å². The van der Waals surface area contributed by atoms with Gasteiger partial charge in [0.1, 0.15) is 10.8 Å². The van der Waals surface area contributed by atoms with Gasteiger partial charge in [-0.2, -0.15) is 0 Å². The molecule has 1 rings (SSSR count). The van der Waals surface area contributed by atoms with Crippen LogP contribution >= 0.6 is 34.8 Å². The van der Waals surface area contributed by atoms with Crippen LogP contribution in [-0.2, 0) is 4.79 Å². The zero-order valence-electron chi connectivity index (χ0n) is 12.0. The van der Waals surface area contributed by atoms with Gasteiger partial charge in [0.15, 0.2) is 6.10 Å². The number of carbonyl (C=O) groups excluding carboxylic acids is 1. The molecule has 1 amide bonds. The molecule has 1 unspecified atom stereocenters. The predicted molar refractivity (Wildman–Crippen MR) is 86.9 cm³/mol. The normalized spacial score (nSPS) is 11.6. The summed E-state index contributed by atoms with van der Waals surface area (Å²) in [6.07, 6.45) is -0.270. The molecule has 0 aromatic heterocycles. The van der Waals surface area contributed by atoms with E-state index in [1.165, 1.54) is 12.1 Å². The molecule has 0 saturated heterocycles. The maximum Gasteiger partial charge on any atom is 0.272 e. The van der Waals surface area contributed by atoms with Gasteiger partial charge in [-0.1, -0.05) is 61.5 Å². The summed E-state index contributed by atoms with van der Waals surface area (Å²) >= 11 is 17.9. The zero-order valence-corrected chi connectivity index (χ0v) is 14.2. The van der Waals surface area contributed by atoms with Crippen LogP contribution in [0.3, 0.4) is 0 Å². The number of carbonyl (C=O) groups is 1. The molecule has 0 aliphatic rings. The number of hydrogen-bond donors (Lipinski definition) is 1. The SMILES string of the molecule is CCC(Oc1cc(Cl)cc(Cl)c1Cl)C(=O)NC#CC(C)C. The van der Waals surface area contributed by atoms with Gasteiger partial charge in [0.05, 0.1) is 5.02 Å². The van der Waals surface area contributed by atoms with Crippen molar-refractivity contribution in [3.05, 3.63) is 27.2 Å². The highest BCUT2D eigenvalue weighted by molar-refractivity contribution is 6.44. The van der Waals surface area contributed by atoms with Crippen molar-refractivity contribution < 1.29 is 9.53 Å². The van der Waals surface area contributed by atoms with E-state index in [1.54, 1.807) is 0 Å². The number of benzene rings is 1. The summed E-state index contributed by atoms with van der Waals surface area (Å²) in [5.41, 5.74) is 0. The van der Waals surface area contributed by atoms with E-state index in [2.05, 4.69) is 17.3 Å². The Kier molecular flexibility index (Phi) is 7.17. The molecule has 0 aliphatic heterocycles. The Balaban J connectivity index is 2.84. The Morgan fingerprint density at radius 2 is 2.00 bits per heavy atom. The second-order valence-corrected chi connectivity index (χ2v) is 5.85. The highest BCUT2D eigenvalue weighted by Crippen LogP contribution is 2.35. The molecule has 0 radical (unpaired) electrons. The van der Waals surface area contributed by atoms with Gasteiger partial charge in [-0.3, -0.25) is 10.1 Å². The van der Waals surface area contributed by atoms with Gasteiger partial charge in [0.2, 0.25) is 0 Å². The third-order valence-electron chi connectivity index (χ3n) is 2.44. The van der Waals surface area contributed by atoms with Gasteiger partial charge in [-0.15, -0.1) is 0 Å². The van der Waals surface area contributed by atoms with Gasteiger partial charge < -0.3 is 4.74 Å². The Labute approximate surface area is 139 Å². The van der Waals surface area contributed by atoms with Crippen molar-refractivity contribution in [1.82, 2.24) is 5.32 Å². The van der Waals surface area contributed by atoms with E-state index in [-0.39, 0.29) is 27.6 Å². The van der Waals surface area contributed by atoms with Crippen molar-refractivity contribution in [1.29, 1.82) is 0 Å². The van der Waals surface area contributed by atoms with Crippen LogP contribution in [0.4, 0.5) is 0 Å². The van der Waals surface area contributed by atoms with Gasteiger partial charge in [0, 0.05) is 23.1 Å². The maximum atomic E-state index is 12.0. The van der Waals surface area contributed by atoms with E-state index < -0.39 is 6.10 Å². The van der Waals surface area contributed by atoms with Gasteiger partial charge in [-0.25, -0.2) is 0 Å². The van der Waals surface area contributed by atoms with E-state index >= 15 is 0 Å². The lowest BCUT2D eigenvalue weighted by molar-refractivity contribution is -0.126. The molecule has 1 atom stereocenters. The van der Waals surface area contributed by atoms with Crippen molar-refractivity contribution in [2.24, 2.45) is 5.92 Å². The quantitative estimate of drug-likeness (QED) is 0.493.